The lowest BCUT2D eigenvalue weighted by Crippen LogP contribution is -2.79. The van der Waals surface area contributed by atoms with Crippen LogP contribution in [0.4, 0.5) is 10.5 Å². The van der Waals surface area contributed by atoms with Crippen molar-refractivity contribution < 1.29 is 9.90 Å². The molecule has 3 heterocycles. The Kier molecular flexibility index (Phi) is 3.51. The van der Waals surface area contributed by atoms with E-state index in [2.05, 4.69) is 30.7 Å². The van der Waals surface area contributed by atoms with E-state index in [-0.39, 0.29) is 11.0 Å². The van der Waals surface area contributed by atoms with Gasteiger partial charge in [-0.3, -0.25) is 4.90 Å². The molecule has 2 atom stereocenters. The molecule has 2 aliphatic heterocycles. The summed E-state index contributed by atoms with van der Waals surface area (Å²) in [4.78, 5) is 19.7. The van der Waals surface area contributed by atoms with Gasteiger partial charge < -0.3 is 10.0 Å². The van der Waals surface area contributed by atoms with E-state index in [0.717, 1.165) is 18.7 Å². The molecular weight excluding hydrogens is 302 g/mol. The van der Waals surface area contributed by atoms with Gasteiger partial charge in [-0.1, -0.05) is 32.4 Å². The molecule has 0 bridgehead atoms. The van der Waals surface area contributed by atoms with Crippen LogP contribution < -0.4 is 4.90 Å². The second-order valence-corrected chi connectivity index (χ2v) is 7.70. The Balaban J connectivity index is 1.93. The number of anilines is 1. The van der Waals surface area contributed by atoms with Crippen molar-refractivity contribution in [1.29, 1.82) is 0 Å². The van der Waals surface area contributed by atoms with Crippen molar-refractivity contribution in [3.63, 3.8) is 0 Å². The normalized spacial score (nSPS) is 28.1. The largest absolute Gasteiger partial charge is 0.465 e. The molecule has 120 valence electrons. The van der Waals surface area contributed by atoms with Crippen LogP contribution in [0.15, 0.2) is 18.3 Å². The smallest absolute Gasteiger partial charge is 0.407 e. The second-order valence-electron chi connectivity index (χ2n) is 7.31. The van der Waals surface area contributed by atoms with E-state index in [1.54, 1.807) is 17.2 Å². The first-order chi connectivity index (χ1) is 10.3. The van der Waals surface area contributed by atoms with E-state index in [1.165, 1.54) is 0 Å². The molecule has 0 radical (unpaired) electrons. The van der Waals surface area contributed by atoms with E-state index >= 15 is 0 Å². The van der Waals surface area contributed by atoms with E-state index in [9.17, 15) is 9.90 Å². The van der Waals surface area contributed by atoms with Gasteiger partial charge in [0.25, 0.3) is 0 Å². The van der Waals surface area contributed by atoms with Crippen molar-refractivity contribution in [3.8, 4) is 0 Å². The highest BCUT2D eigenvalue weighted by Gasteiger charge is 2.63. The van der Waals surface area contributed by atoms with Crippen molar-refractivity contribution in [2.75, 3.05) is 24.5 Å². The highest BCUT2D eigenvalue weighted by Crippen LogP contribution is 2.53. The number of carbonyl (C=O) groups is 1. The van der Waals surface area contributed by atoms with Gasteiger partial charge in [0.1, 0.15) is 5.15 Å². The monoisotopic (exact) mass is 323 g/mol. The van der Waals surface area contributed by atoms with Crippen molar-refractivity contribution in [1.82, 2.24) is 9.88 Å². The van der Waals surface area contributed by atoms with Crippen molar-refractivity contribution in [3.05, 3.63) is 23.5 Å². The zero-order chi connectivity index (χ0) is 16.1. The Morgan fingerprint density at radius 2 is 2.18 bits per heavy atom. The zero-order valence-corrected chi connectivity index (χ0v) is 14.0. The van der Waals surface area contributed by atoms with Crippen molar-refractivity contribution >= 4 is 23.4 Å². The highest BCUT2D eigenvalue weighted by molar-refractivity contribution is 6.29. The number of fused-ring (bicyclic) bond motifs is 1. The molecule has 2 unspecified atom stereocenters. The summed E-state index contributed by atoms with van der Waals surface area (Å²) in [6, 6.07) is 3.73. The van der Waals surface area contributed by atoms with Crippen molar-refractivity contribution in [2.45, 2.75) is 32.7 Å². The molecule has 2 saturated heterocycles. The number of carboxylic acid groups (broad SMARTS) is 1. The molecule has 1 amide bonds. The second kappa shape index (κ2) is 5.01. The Hall–Kier alpha value is -1.49. The van der Waals surface area contributed by atoms with Gasteiger partial charge in [0.15, 0.2) is 0 Å². The van der Waals surface area contributed by atoms with Crippen LogP contribution in [0.2, 0.25) is 5.15 Å². The molecule has 3 rings (SSSR count). The van der Waals surface area contributed by atoms with Gasteiger partial charge in [-0.05, 0) is 24.0 Å². The van der Waals surface area contributed by atoms with Gasteiger partial charge in [-0.2, -0.15) is 0 Å². The van der Waals surface area contributed by atoms with Crippen LogP contribution in [0, 0.1) is 11.3 Å². The molecule has 2 fully saturated rings. The fourth-order valence-corrected chi connectivity index (χ4v) is 4.26. The highest BCUT2D eigenvalue weighted by atomic mass is 35.5. The average Bonchev–Trinajstić information content (AvgIpc) is 2.39. The topological polar surface area (TPSA) is 56.7 Å². The lowest BCUT2D eigenvalue weighted by Gasteiger charge is -2.67. The van der Waals surface area contributed by atoms with E-state index < -0.39 is 6.09 Å². The Labute approximate surface area is 135 Å². The van der Waals surface area contributed by atoms with Crippen LogP contribution >= 0.6 is 11.6 Å². The predicted molar refractivity (Wildman–Crippen MR) is 86.5 cm³/mol. The number of amides is 1. The third kappa shape index (κ3) is 2.14. The molecule has 0 aromatic carbocycles. The maximum Gasteiger partial charge on any atom is 0.407 e. The van der Waals surface area contributed by atoms with Crippen LogP contribution in [0.3, 0.4) is 0 Å². The quantitative estimate of drug-likeness (QED) is 0.805. The first-order valence-electron chi connectivity index (χ1n) is 7.63. The third-order valence-corrected chi connectivity index (χ3v) is 5.57. The van der Waals surface area contributed by atoms with E-state index in [1.807, 2.05) is 6.07 Å². The van der Waals surface area contributed by atoms with Gasteiger partial charge >= 0.3 is 6.09 Å². The maximum atomic E-state index is 11.7. The standard InChI is InChI=1S/C16H22ClN3O2/c1-15(2,3)16-10-19(12-4-5-13(17)18-8-12)7-6-11(16)9-20(16)14(21)22/h4-5,8,11H,6-7,9-10H2,1-3H3,(H,21,22). The Bertz CT molecular complexity index is 584. The number of hydrogen-bond donors (Lipinski definition) is 1. The van der Waals surface area contributed by atoms with Gasteiger partial charge in [0.05, 0.1) is 17.4 Å². The number of piperidine rings is 1. The minimum atomic E-state index is -0.817. The van der Waals surface area contributed by atoms with Crippen LogP contribution in [0.5, 0.6) is 0 Å². The van der Waals surface area contributed by atoms with Gasteiger partial charge in [-0.15, -0.1) is 0 Å². The summed E-state index contributed by atoms with van der Waals surface area (Å²) in [5, 5.41) is 10.0. The molecule has 0 aliphatic carbocycles. The van der Waals surface area contributed by atoms with Gasteiger partial charge in [0, 0.05) is 25.6 Å². The fraction of sp³-hybridized carbons (Fsp3) is 0.625. The summed E-state index contributed by atoms with van der Waals surface area (Å²) in [5.74, 6) is 0.431. The third-order valence-electron chi connectivity index (χ3n) is 5.35. The van der Waals surface area contributed by atoms with E-state index in [0.29, 0.717) is 24.2 Å². The number of aromatic nitrogens is 1. The predicted octanol–water partition coefficient (Wildman–Crippen LogP) is 3.34. The first-order valence-corrected chi connectivity index (χ1v) is 8.00. The number of likely N-dealkylation sites (tertiary alicyclic amines) is 1. The lowest BCUT2D eigenvalue weighted by molar-refractivity contribution is -0.132. The molecule has 1 N–H and O–H groups in total. The van der Waals surface area contributed by atoms with Crippen LogP contribution in [-0.2, 0) is 0 Å². The van der Waals surface area contributed by atoms with Crippen LogP contribution in [0.25, 0.3) is 0 Å². The molecule has 2 aliphatic rings. The molecule has 22 heavy (non-hydrogen) atoms. The molecule has 1 aromatic heterocycles. The molecule has 0 spiro atoms. The maximum absolute atomic E-state index is 11.7. The lowest BCUT2D eigenvalue weighted by atomic mass is 9.57. The Morgan fingerprint density at radius 3 is 2.73 bits per heavy atom. The zero-order valence-electron chi connectivity index (χ0n) is 13.2. The number of hydrogen-bond acceptors (Lipinski definition) is 3. The molecule has 0 saturated carbocycles. The summed E-state index contributed by atoms with van der Waals surface area (Å²) < 4.78 is 0. The SMILES string of the molecule is CC(C)(C)C12CN(c3ccc(Cl)nc3)CCC1CN2C(=O)O. The fourth-order valence-electron chi connectivity index (χ4n) is 4.15. The Morgan fingerprint density at radius 1 is 1.45 bits per heavy atom. The van der Waals surface area contributed by atoms with E-state index in [4.69, 9.17) is 11.6 Å². The summed E-state index contributed by atoms with van der Waals surface area (Å²) >= 11 is 5.86. The number of pyridine rings is 1. The molecular formula is C16H22ClN3O2. The summed E-state index contributed by atoms with van der Waals surface area (Å²) in [6.45, 7) is 8.70. The summed E-state index contributed by atoms with van der Waals surface area (Å²) in [7, 11) is 0. The van der Waals surface area contributed by atoms with Crippen LogP contribution in [-0.4, -0.2) is 46.3 Å². The van der Waals surface area contributed by atoms with Gasteiger partial charge in [0.2, 0.25) is 0 Å². The summed E-state index contributed by atoms with van der Waals surface area (Å²) in [5.41, 5.74) is 0.549. The molecule has 5 nitrogen and oxygen atoms in total. The average molecular weight is 324 g/mol. The number of halogens is 1. The van der Waals surface area contributed by atoms with Gasteiger partial charge in [-0.25, -0.2) is 9.78 Å². The molecule has 1 aromatic rings. The number of nitrogens with zero attached hydrogens (tertiary/aromatic N) is 3. The van der Waals surface area contributed by atoms with Crippen molar-refractivity contribution in [2.24, 2.45) is 11.3 Å². The minimum Gasteiger partial charge on any atom is -0.465 e. The number of rotatable bonds is 1. The first kappa shape index (κ1) is 15.4. The minimum absolute atomic E-state index is 0.118. The molecule has 6 heteroatoms. The van der Waals surface area contributed by atoms with Crippen LogP contribution in [0.1, 0.15) is 27.2 Å². The summed E-state index contributed by atoms with van der Waals surface area (Å²) in [6.07, 6.45) is 1.95.